The topological polar surface area (TPSA) is 41.6 Å². The summed E-state index contributed by atoms with van der Waals surface area (Å²) in [6.07, 6.45) is 0. The van der Waals surface area contributed by atoms with Crippen LogP contribution >= 0.6 is 16.1 Å². The van der Waals surface area contributed by atoms with Crippen LogP contribution < -0.4 is 4.34 Å². The number of ether oxygens (including phenoxy) is 1. The highest BCUT2D eigenvalue weighted by atomic mass is 79.9. The van der Waals surface area contributed by atoms with Crippen molar-refractivity contribution in [2.45, 2.75) is 13.8 Å². The summed E-state index contributed by atoms with van der Waals surface area (Å²) in [5.41, 5.74) is 1.47. The quantitative estimate of drug-likeness (QED) is 0.620. The van der Waals surface area contributed by atoms with Gasteiger partial charge in [-0.15, -0.1) is 0 Å². The minimum absolute atomic E-state index is 0.275. The van der Waals surface area contributed by atoms with Crippen LogP contribution in [0.1, 0.15) is 24.2 Å². The third kappa shape index (κ3) is 4.66. The molecule has 0 aromatic heterocycles. The Balaban J connectivity index is 2.40. The van der Waals surface area contributed by atoms with Gasteiger partial charge in [0.2, 0.25) is 0 Å². The molecule has 18 heavy (non-hydrogen) atoms. The first kappa shape index (κ1) is 15.0. The number of halogens is 1. The summed E-state index contributed by atoms with van der Waals surface area (Å²) >= 11 is 3.12. The van der Waals surface area contributed by atoms with Gasteiger partial charge in [-0.2, -0.15) is 0 Å². The van der Waals surface area contributed by atoms with Crippen molar-refractivity contribution in [3.8, 4) is 0 Å². The minimum atomic E-state index is -0.275. The van der Waals surface area contributed by atoms with Gasteiger partial charge in [0.15, 0.2) is 0 Å². The smallest absolute Gasteiger partial charge is 0.338 e. The molecule has 0 aliphatic carbocycles. The minimum Gasteiger partial charge on any atom is -0.461 e. The maximum Gasteiger partial charge on any atom is 0.338 e. The van der Waals surface area contributed by atoms with Gasteiger partial charge in [-0.1, -0.05) is 13.8 Å². The van der Waals surface area contributed by atoms with Crippen molar-refractivity contribution in [3.05, 3.63) is 29.8 Å². The molecular formula is C13H19BrN2O2. The summed E-state index contributed by atoms with van der Waals surface area (Å²) in [6, 6.07) is 7.11. The van der Waals surface area contributed by atoms with Crippen molar-refractivity contribution >= 4 is 27.8 Å². The van der Waals surface area contributed by atoms with E-state index in [-0.39, 0.29) is 5.97 Å². The Bertz CT molecular complexity index is 364. The van der Waals surface area contributed by atoms with Crippen LogP contribution in [0.4, 0.5) is 5.69 Å². The molecule has 1 aromatic carbocycles. The molecule has 0 radical (unpaired) electrons. The number of hydrogen-bond acceptors (Lipinski definition) is 4. The van der Waals surface area contributed by atoms with Crippen molar-refractivity contribution < 1.29 is 9.53 Å². The Morgan fingerprint density at radius 2 is 1.89 bits per heavy atom. The number of nitrogens with one attached hydrogen (secondary N) is 1. The van der Waals surface area contributed by atoms with Gasteiger partial charge in [0.1, 0.15) is 6.61 Å². The first-order chi connectivity index (χ1) is 8.71. The van der Waals surface area contributed by atoms with E-state index in [4.69, 9.17) is 4.74 Å². The Labute approximate surface area is 117 Å². The van der Waals surface area contributed by atoms with E-state index in [0.717, 1.165) is 25.3 Å². The van der Waals surface area contributed by atoms with Crippen LogP contribution in [-0.2, 0) is 4.74 Å². The van der Waals surface area contributed by atoms with Crippen molar-refractivity contribution in [2.24, 2.45) is 0 Å². The number of anilines is 1. The summed E-state index contributed by atoms with van der Waals surface area (Å²) in [5, 5.41) is 0. The molecule has 0 saturated heterocycles. The van der Waals surface area contributed by atoms with E-state index in [0.29, 0.717) is 12.2 Å². The highest BCUT2D eigenvalue weighted by molar-refractivity contribution is 9.10. The Kier molecular flexibility index (Phi) is 6.75. The normalized spacial score (nSPS) is 10.4. The highest BCUT2D eigenvalue weighted by Crippen LogP contribution is 2.11. The molecule has 0 aliphatic heterocycles. The third-order valence-corrected chi connectivity index (χ3v) is 3.22. The average Bonchev–Trinajstić information content (AvgIpc) is 2.43. The fourth-order valence-electron chi connectivity index (χ4n) is 1.56. The Morgan fingerprint density at radius 3 is 2.39 bits per heavy atom. The second kappa shape index (κ2) is 8.11. The Hall–Kier alpha value is -1.07. The largest absolute Gasteiger partial charge is 0.461 e. The zero-order valence-corrected chi connectivity index (χ0v) is 12.4. The van der Waals surface area contributed by atoms with E-state index >= 15 is 0 Å². The summed E-state index contributed by atoms with van der Waals surface area (Å²) in [7, 11) is 0. The number of likely N-dealkylation sites (N-methyl/N-ethyl adjacent to an activating group) is 1. The van der Waals surface area contributed by atoms with Crippen molar-refractivity contribution in [3.63, 3.8) is 0 Å². The first-order valence-electron chi connectivity index (χ1n) is 6.07. The number of hydrogen-bond donors (Lipinski definition) is 1. The summed E-state index contributed by atoms with van der Waals surface area (Å²) in [5.74, 6) is -0.275. The van der Waals surface area contributed by atoms with Crippen molar-refractivity contribution in [1.82, 2.24) is 4.90 Å². The van der Waals surface area contributed by atoms with E-state index in [1.807, 2.05) is 12.1 Å². The standard InChI is InChI=1S/C13H19BrN2O2/c1-3-16(4-2)9-10-18-13(17)11-5-7-12(15-14)8-6-11/h5-8,15H,3-4,9-10H2,1-2H3. The molecule has 0 unspecified atom stereocenters. The van der Waals surface area contributed by atoms with Gasteiger partial charge in [-0.25, -0.2) is 4.79 Å². The molecule has 0 atom stereocenters. The van der Waals surface area contributed by atoms with Crippen LogP contribution in [0.15, 0.2) is 24.3 Å². The molecule has 0 fully saturated rings. The number of rotatable bonds is 7. The molecule has 0 spiro atoms. The molecule has 1 rings (SSSR count). The lowest BCUT2D eigenvalue weighted by molar-refractivity contribution is 0.0466. The lowest BCUT2D eigenvalue weighted by Crippen LogP contribution is -2.27. The molecule has 4 nitrogen and oxygen atoms in total. The van der Waals surface area contributed by atoms with Crippen molar-refractivity contribution in [1.29, 1.82) is 0 Å². The maximum atomic E-state index is 11.7. The van der Waals surface area contributed by atoms with Gasteiger partial charge in [-0.05, 0) is 37.4 Å². The van der Waals surface area contributed by atoms with E-state index in [1.54, 1.807) is 12.1 Å². The fraction of sp³-hybridized carbons (Fsp3) is 0.462. The highest BCUT2D eigenvalue weighted by Gasteiger charge is 2.07. The second-order valence-corrected chi connectivity index (χ2v) is 4.23. The first-order valence-corrected chi connectivity index (χ1v) is 6.86. The number of esters is 1. The molecule has 0 bridgehead atoms. The van der Waals surface area contributed by atoms with Crippen LogP contribution in [0.25, 0.3) is 0 Å². The second-order valence-electron chi connectivity index (χ2n) is 3.83. The monoisotopic (exact) mass is 314 g/mol. The lowest BCUT2D eigenvalue weighted by atomic mass is 10.2. The lowest BCUT2D eigenvalue weighted by Gasteiger charge is -2.17. The van der Waals surface area contributed by atoms with E-state index < -0.39 is 0 Å². The molecule has 100 valence electrons. The fourth-order valence-corrected chi connectivity index (χ4v) is 1.82. The number of benzene rings is 1. The maximum absolute atomic E-state index is 11.7. The Morgan fingerprint density at radius 1 is 1.28 bits per heavy atom. The van der Waals surface area contributed by atoms with Crippen LogP contribution in [0.2, 0.25) is 0 Å². The van der Waals surface area contributed by atoms with Crippen LogP contribution in [0.3, 0.4) is 0 Å². The van der Waals surface area contributed by atoms with Gasteiger partial charge in [-0.3, -0.25) is 0 Å². The molecule has 0 amide bonds. The predicted molar refractivity (Wildman–Crippen MR) is 77.1 cm³/mol. The summed E-state index contributed by atoms with van der Waals surface area (Å²) in [4.78, 5) is 13.9. The summed E-state index contributed by atoms with van der Waals surface area (Å²) in [6.45, 7) is 7.34. The number of carbonyl (C=O) groups is 1. The van der Waals surface area contributed by atoms with Crippen LogP contribution in [-0.4, -0.2) is 37.1 Å². The van der Waals surface area contributed by atoms with Gasteiger partial charge in [0.25, 0.3) is 0 Å². The summed E-state index contributed by atoms with van der Waals surface area (Å²) < 4.78 is 8.04. The zero-order valence-electron chi connectivity index (χ0n) is 10.8. The van der Waals surface area contributed by atoms with Crippen molar-refractivity contribution in [2.75, 3.05) is 30.6 Å². The molecule has 1 aromatic rings. The van der Waals surface area contributed by atoms with Gasteiger partial charge in [0.05, 0.1) is 5.56 Å². The van der Waals surface area contributed by atoms with Gasteiger partial charge in [0, 0.05) is 28.4 Å². The number of carbonyl (C=O) groups excluding carboxylic acids is 1. The van der Waals surface area contributed by atoms with E-state index in [2.05, 4.69) is 39.2 Å². The van der Waals surface area contributed by atoms with Gasteiger partial charge < -0.3 is 14.0 Å². The molecule has 0 heterocycles. The molecule has 0 saturated carbocycles. The predicted octanol–water partition coefficient (Wildman–Crippen LogP) is 2.91. The molecule has 1 N–H and O–H groups in total. The average molecular weight is 315 g/mol. The zero-order chi connectivity index (χ0) is 13.4. The van der Waals surface area contributed by atoms with E-state index in [1.165, 1.54) is 0 Å². The third-order valence-electron chi connectivity index (χ3n) is 2.76. The number of nitrogens with zero attached hydrogens (tertiary/aromatic N) is 1. The van der Waals surface area contributed by atoms with E-state index in [9.17, 15) is 4.79 Å². The molecule has 5 heteroatoms. The van der Waals surface area contributed by atoms with Crippen LogP contribution in [0, 0.1) is 0 Å². The van der Waals surface area contributed by atoms with Crippen LogP contribution in [0.5, 0.6) is 0 Å². The molecule has 0 aliphatic rings. The SMILES string of the molecule is CCN(CC)CCOC(=O)c1ccc(NBr)cc1. The molecular weight excluding hydrogens is 296 g/mol. The van der Waals surface area contributed by atoms with Gasteiger partial charge >= 0.3 is 5.97 Å².